The van der Waals surface area contributed by atoms with E-state index in [-0.39, 0.29) is 6.03 Å². The Hall–Kier alpha value is -1.89. The quantitative estimate of drug-likeness (QED) is 0.890. The number of benzene rings is 1. The molecule has 6 nitrogen and oxygen atoms in total. The maximum absolute atomic E-state index is 12.2. The molecule has 0 bridgehead atoms. The van der Waals surface area contributed by atoms with Gasteiger partial charge in [-0.1, -0.05) is 12.1 Å². The SMILES string of the molecule is O=C(O)COc1ccccc1NC(=O)N1CCCSCC1. The van der Waals surface area contributed by atoms with E-state index >= 15 is 0 Å². The van der Waals surface area contributed by atoms with Crippen molar-refractivity contribution >= 4 is 29.4 Å². The lowest BCUT2D eigenvalue weighted by Crippen LogP contribution is -2.36. The van der Waals surface area contributed by atoms with Gasteiger partial charge in [-0.2, -0.15) is 11.8 Å². The Labute approximate surface area is 127 Å². The summed E-state index contributed by atoms with van der Waals surface area (Å²) in [5, 5.41) is 11.5. The second-order valence-electron chi connectivity index (χ2n) is 4.56. The summed E-state index contributed by atoms with van der Waals surface area (Å²) < 4.78 is 5.17. The van der Waals surface area contributed by atoms with Crippen LogP contribution in [0.25, 0.3) is 0 Å². The number of aliphatic carboxylic acids is 1. The van der Waals surface area contributed by atoms with Gasteiger partial charge in [-0.3, -0.25) is 0 Å². The van der Waals surface area contributed by atoms with Crippen molar-refractivity contribution < 1.29 is 19.4 Å². The topological polar surface area (TPSA) is 78.9 Å². The zero-order chi connectivity index (χ0) is 15.1. The number of carboxylic acid groups (broad SMARTS) is 1. The highest BCUT2D eigenvalue weighted by molar-refractivity contribution is 7.99. The Morgan fingerprint density at radius 3 is 2.90 bits per heavy atom. The average Bonchev–Trinajstić information content (AvgIpc) is 2.75. The monoisotopic (exact) mass is 310 g/mol. The highest BCUT2D eigenvalue weighted by Gasteiger charge is 2.17. The summed E-state index contributed by atoms with van der Waals surface area (Å²) in [6.07, 6.45) is 0.981. The Morgan fingerprint density at radius 2 is 2.10 bits per heavy atom. The Balaban J connectivity index is 2.00. The molecule has 0 aliphatic carbocycles. The number of carboxylic acids is 1. The van der Waals surface area contributed by atoms with Crippen molar-refractivity contribution in [1.82, 2.24) is 4.90 Å². The van der Waals surface area contributed by atoms with E-state index in [0.717, 1.165) is 24.5 Å². The number of ether oxygens (including phenoxy) is 1. The summed E-state index contributed by atoms with van der Waals surface area (Å²) in [6.45, 7) is 1.01. The number of nitrogens with one attached hydrogen (secondary N) is 1. The molecular formula is C14H18N2O4S. The van der Waals surface area contributed by atoms with Crippen LogP contribution in [0, 0.1) is 0 Å². The molecule has 1 aromatic rings. The van der Waals surface area contributed by atoms with Gasteiger partial charge in [0.2, 0.25) is 0 Å². The maximum Gasteiger partial charge on any atom is 0.341 e. The van der Waals surface area contributed by atoms with E-state index in [9.17, 15) is 9.59 Å². The minimum atomic E-state index is -1.05. The van der Waals surface area contributed by atoms with Crippen LogP contribution in [0.1, 0.15) is 6.42 Å². The highest BCUT2D eigenvalue weighted by atomic mass is 32.2. The van der Waals surface area contributed by atoms with E-state index in [4.69, 9.17) is 9.84 Å². The van der Waals surface area contributed by atoms with Gasteiger partial charge in [-0.05, 0) is 24.3 Å². The molecule has 1 fully saturated rings. The minimum Gasteiger partial charge on any atom is -0.480 e. The van der Waals surface area contributed by atoms with Crippen LogP contribution in [0.3, 0.4) is 0 Å². The zero-order valence-electron chi connectivity index (χ0n) is 11.6. The van der Waals surface area contributed by atoms with E-state index in [1.54, 1.807) is 29.2 Å². The summed E-state index contributed by atoms with van der Waals surface area (Å²) in [5.41, 5.74) is 0.487. The molecule has 2 N–H and O–H groups in total. The number of carbonyl (C=O) groups excluding carboxylic acids is 1. The molecule has 1 aliphatic heterocycles. The van der Waals surface area contributed by atoms with Crippen LogP contribution in [-0.2, 0) is 4.79 Å². The molecule has 7 heteroatoms. The van der Waals surface area contributed by atoms with Crippen molar-refractivity contribution in [3.05, 3.63) is 24.3 Å². The van der Waals surface area contributed by atoms with Gasteiger partial charge in [-0.25, -0.2) is 9.59 Å². The molecule has 0 radical (unpaired) electrons. The summed E-state index contributed by atoms with van der Waals surface area (Å²) >= 11 is 1.85. The summed E-state index contributed by atoms with van der Waals surface area (Å²) in [4.78, 5) is 24.6. The van der Waals surface area contributed by atoms with Crippen LogP contribution in [0.5, 0.6) is 5.75 Å². The zero-order valence-corrected chi connectivity index (χ0v) is 12.4. The number of carbonyl (C=O) groups is 2. The van der Waals surface area contributed by atoms with E-state index in [2.05, 4.69) is 5.32 Å². The fourth-order valence-electron chi connectivity index (χ4n) is 1.98. The van der Waals surface area contributed by atoms with E-state index < -0.39 is 12.6 Å². The van der Waals surface area contributed by atoms with Gasteiger partial charge in [0.05, 0.1) is 5.69 Å². The first kappa shape index (κ1) is 15.5. The van der Waals surface area contributed by atoms with Crippen molar-refractivity contribution in [3.63, 3.8) is 0 Å². The van der Waals surface area contributed by atoms with E-state index in [0.29, 0.717) is 18.0 Å². The molecule has 2 amide bonds. The normalized spacial score (nSPS) is 15.1. The third kappa shape index (κ3) is 4.86. The molecule has 2 rings (SSSR count). The first-order valence-corrected chi connectivity index (χ1v) is 7.89. The van der Waals surface area contributed by atoms with Crippen molar-refractivity contribution in [2.24, 2.45) is 0 Å². The van der Waals surface area contributed by atoms with Gasteiger partial charge in [-0.15, -0.1) is 0 Å². The first-order chi connectivity index (χ1) is 10.2. The minimum absolute atomic E-state index is 0.177. The Bertz CT molecular complexity index is 502. The number of anilines is 1. The van der Waals surface area contributed by atoms with Crippen molar-refractivity contribution in [3.8, 4) is 5.75 Å². The number of nitrogens with zero attached hydrogens (tertiary/aromatic N) is 1. The van der Waals surface area contributed by atoms with Gasteiger partial charge < -0.3 is 20.1 Å². The Morgan fingerprint density at radius 1 is 1.29 bits per heavy atom. The number of urea groups is 1. The van der Waals surface area contributed by atoms with Crippen LogP contribution in [-0.4, -0.2) is 53.2 Å². The van der Waals surface area contributed by atoms with Crippen molar-refractivity contribution in [2.75, 3.05) is 36.5 Å². The smallest absolute Gasteiger partial charge is 0.341 e. The largest absolute Gasteiger partial charge is 0.480 e. The van der Waals surface area contributed by atoms with Gasteiger partial charge in [0.25, 0.3) is 0 Å². The molecule has 1 heterocycles. The predicted octanol–water partition coefficient (Wildman–Crippen LogP) is 2.12. The fourth-order valence-corrected chi connectivity index (χ4v) is 2.87. The molecule has 0 atom stereocenters. The molecule has 1 aromatic carbocycles. The molecule has 21 heavy (non-hydrogen) atoms. The average molecular weight is 310 g/mol. The van der Waals surface area contributed by atoms with Crippen LogP contribution in [0.15, 0.2) is 24.3 Å². The third-order valence-corrected chi connectivity index (χ3v) is 4.04. The van der Waals surface area contributed by atoms with Gasteiger partial charge in [0.15, 0.2) is 6.61 Å². The maximum atomic E-state index is 12.2. The lowest BCUT2D eigenvalue weighted by Gasteiger charge is -2.21. The number of rotatable bonds is 4. The molecule has 1 aliphatic rings. The molecule has 0 unspecified atom stereocenters. The lowest BCUT2D eigenvalue weighted by atomic mass is 10.3. The van der Waals surface area contributed by atoms with Crippen LogP contribution in [0.4, 0.5) is 10.5 Å². The number of amides is 2. The summed E-state index contributed by atoms with van der Waals surface area (Å²) in [6, 6.07) is 6.65. The standard InChI is InChI=1S/C14H18N2O4S/c17-13(18)10-20-12-5-2-1-4-11(12)15-14(19)16-6-3-8-21-9-7-16/h1-2,4-5H,3,6-10H2,(H,15,19)(H,17,18). The van der Waals surface area contributed by atoms with E-state index in [1.165, 1.54) is 0 Å². The second-order valence-corrected chi connectivity index (χ2v) is 5.79. The highest BCUT2D eigenvalue weighted by Crippen LogP contribution is 2.24. The fraction of sp³-hybridized carbons (Fsp3) is 0.429. The Kier molecular flexibility index (Phi) is 5.74. The van der Waals surface area contributed by atoms with Crippen LogP contribution >= 0.6 is 11.8 Å². The van der Waals surface area contributed by atoms with Crippen molar-refractivity contribution in [1.29, 1.82) is 0 Å². The third-order valence-electron chi connectivity index (χ3n) is 2.99. The predicted molar refractivity (Wildman–Crippen MR) is 82.1 cm³/mol. The van der Waals surface area contributed by atoms with E-state index in [1.807, 2.05) is 11.8 Å². The number of para-hydroxylation sites is 2. The molecule has 0 saturated carbocycles. The van der Waals surface area contributed by atoms with Crippen molar-refractivity contribution in [2.45, 2.75) is 6.42 Å². The van der Waals surface area contributed by atoms with Gasteiger partial charge in [0, 0.05) is 18.8 Å². The van der Waals surface area contributed by atoms with Crippen LogP contribution < -0.4 is 10.1 Å². The molecular weight excluding hydrogens is 292 g/mol. The molecule has 0 aromatic heterocycles. The first-order valence-electron chi connectivity index (χ1n) is 6.74. The summed E-state index contributed by atoms with van der Waals surface area (Å²) in [5.74, 6) is 1.31. The second kappa shape index (κ2) is 7.78. The number of hydrogen-bond acceptors (Lipinski definition) is 4. The van der Waals surface area contributed by atoms with Gasteiger partial charge >= 0.3 is 12.0 Å². The van der Waals surface area contributed by atoms with Crippen LogP contribution in [0.2, 0.25) is 0 Å². The number of hydrogen-bond donors (Lipinski definition) is 2. The molecule has 114 valence electrons. The lowest BCUT2D eigenvalue weighted by molar-refractivity contribution is -0.139. The summed E-state index contributed by atoms with van der Waals surface area (Å²) in [7, 11) is 0. The van der Waals surface area contributed by atoms with Gasteiger partial charge in [0.1, 0.15) is 5.75 Å². The molecule has 1 saturated heterocycles. The number of thioether (sulfide) groups is 1. The molecule has 0 spiro atoms.